The second kappa shape index (κ2) is 4.07. The summed E-state index contributed by atoms with van der Waals surface area (Å²) < 4.78 is 22.2. The van der Waals surface area contributed by atoms with Gasteiger partial charge in [-0.1, -0.05) is 6.07 Å². The summed E-state index contributed by atoms with van der Waals surface area (Å²) in [6, 6.07) is 2.54. The number of nitrogens with zero attached hydrogens (tertiary/aromatic N) is 1. The summed E-state index contributed by atoms with van der Waals surface area (Å²) in [6.07, 6.45) is 0. The van der Waals surface area contributed by atoms with Crippen molar-refractivity contribution in [2.75, 3.05) is 0 Å². The van der Waals surface area contributed by atoms with E-state index in [1.165, 1.54) is 19.1 Å². The lowest BCUT2D eigenvalue weighted by Crippen LogP contribution is -1.99. The Morgan fingerprint density at radius 2 is 2.00 bits per heavy atom. The molecule has 1 aromatic carbocycles. The molecule has 0 radical (unpaired) electrons. The average molecular weight is 315 g/mol. The van der Waals surface area contributed by atoms with Crippen LogP contribution < -0.4 is 0 Å². The summed E-state index contributed by atoms with van der Waals surface area (Å²) in [7, 11) is 1.17. The highest BCUT2D eigenvalue weighted by Gasteiger charge is 2.24. The van der Waals surface area contributed by atoms with Gasteiger partial charge in [0.05, 0.1) is 4.92 Å². The monoisotopic (exact) mass is 313 g/mol. The van der Waals surface area contributed by atoms with E-state index in [1.807, 2.05) is 0 Å². The molecule has 0 unspecified atom stereocenters. The quantitative estimate of drug-likeness (QED) is 0.477. The van der Waals surface area contributed by atoms with E-state index < -0.39 is 14.0 Å². The number of hydrogen-bond donors (Lipinski definition) is 0. The lowest BCUT2D eigenvalue weighted by atomic mass is 10.2. The molecule has 0 amide bonds. The summed E-state index contributed by atoms with van der Waals surface area (Å²) in [5, 5.41) is 10.5. The smallest absolute Gasteiger partial charge is 0.258 e. The molecular weight excluding hydrogens is 310 g/mol. The van der Waals surface area contributed by atoms with Crippen LogP contribution in [-0.2, 0) is 9.05 Å². The van der Waals surface area contributed by atoms with Gasteiger partial charge in [-0.2, -0.15) is 0 Å². The van der Waals surface area contributed by atoms with Gasteiger partial charge in [-0.25, -0.2) is 8.42 Å². The maximum absolute atomic E-state index is 11.2. The molecule has 0 saturated carbocycles. The number of rotatable bonds is 2. The van der Waals surface area contributed by atoms with Gasteiger partial charge in [-0.3, -0.25) is 10.1 Å². The third-order valence-electron chi connectivity index (χ3n) is 1.71. The van der Waals surface area contributed by atoms with Gasteiger partial charge in [0.25, 0.3) is 14.7 Å². The maximum Gasteiger partial charge on any atom is 0.284 e. The first-order chi connectivity index (χ1) is 6.75. The summed E-state index contributed by atoms with van der Waals surface area (Å²) in [4.78, 5) is 9.60. The molecule has 5 nitrogen and oxygen atoms in total. The molecule has 0 atom stereocenters. The Kier molecular flexibility index (Phi) is 3.37. The van der Waals surface area contributed by atoms with Gasteiger partial charge in [0.2, 0.25) is 0 Å². The number of aryl methyl sites for hydroxylation is 1. The van der Waals surface area contributed by atoms with Crippen LogP contribution in [0.4, 0.5) is 5.69 Å². The minimum Gasteiger partial charge on any atom is -0.258 e. The second-order valence-electron chi connectivity index (χ2n) is 2.74. The summed E-state index contributed by atoms with van der Waals surface area (Å²) in [6.45, 7) is 1.50. The lowest BCUT2D eigenvalue weighted by Gasteiger charge is -2.04. The topological polar surface area (TPSA) is 77.3 Å². The van der Waals surface area contributed by atoms with Crippen molar-refractivity contribution < 1.29 is 13.3 Å². The van der Waals surface area contributed by atoms with Crippen LogP contribution in [0.25, 0.3) is 0 Å². The zero-order valence-electron chi connectivity index (χ0n) is 7.40. The molecular formula is C7H5BrClNO4S. The second-order valence-corrected chi connectivity index (χ2v) is 6.04. The van der Waals surface area contributed by atoms with E-state index in [0.29, 0.717) is 5.56 Å². The molecule has 0 bridgehead atoms. The third kappa shape index (κ3) is 2.47. The van der Waals surface area contributed by atoms with Gasteiger partial charge in [0.1, 0.15) is 9.37 Å². The van der Waals surface area contributed by atoms with E-state index in [0.717, 1.165) is 0 Å². The third-order valence-corrected chi connectivity index (χ3v) is 4.26. The lowest BCUT2D eigenvalue weighted by molar-refractivity contribution is -0.385. The Morgan fingerprint density at radius 3 is 2.40 bits per heavy atom. The zero-order chi connectivity index (χ0) is 11.8. The van der Waals surface area contributed by atoms with Crippen molar-refractivity contribution in [2.45, 2.75) is 11.8 Å². The molecule has 0 aliphatic heterocycles. The number of nitro benzene ring substituents is 1. The Hall–Kier alpha value is -0.660. The van der Waals surface area contributed by atoms with Gasteiger partial charge in [0.15, 0.2) is 0 Å². The minimum absolute atomic E-state index is 0.123. The van der Waals surface area contributed by atoms with Crippen LogP contribution in [0.15, 0.2) is 21.5 Å². The van der Waals surface area contributed by atoms with E-state index >= 15 is 0 Å². The van der Waals surface area contributed by atoms with Crippen molar-refractivity contribution in [1.29, 1.82) is 0 Å². The van der Waals surface area contributed by atoms with Crippen LogP contribution in [0.2, 0.25) is 0 Å². The number of halogens is 2. The zero-order valence-corrected chi connectivity index (χ0v) is 10.6. The first-order valence-electron chi connectivity index (χ1n) is 3.63. The van der Waals surface area contributed by atoms with E-state index in [-0.39, 0.29) is 15.1 Å². The van der Waals surface area contributed by atoms with Crippen LogP contribution in [0.1, 0.15) is 5.56 Å². The van der Waals surface area contributed by atoms with E-state index in [4.69, 9.17) is 10.7 Å². The van der Waals surface area contributed by atoms with Crippen molar-refractivity contribution in [3.05, 3.63) is 32.3 Å². The minimum atomic E-state index is -4.00. The normalized spacial score (nSPS) is 11.4. The van der Waals surface area contributed by atoms with Crippen molar-refractivity contribution in [3.63, 3.8) is 0 Å². The molecule has 0 fully saturated rings. The van der Waals surface area contributed by atoms with Crippen molar-refractivity contribution >= 4 is 41.4 Å². The largest absolute Gasteiger partial charge is 0.284 e. The van der Waals surface area contributed by atoms with Crippen LogP contribution >= 0.6 is 26.6 Å². The van der Waals surface area contributed by atoms with Crippen molar-refractivity contribution in [2.24, 2.45) is 0 Å². The fourth-order valence-corrected chi connectivity index (χ4v) is 3.96. The van der Waals surface area contributed by atoms with Crippen LogP contribution in [0, 0.1) is 17.0 Å². The number of hydrogen-bond acceptors (Lipinski definition) is 4. The Morgan fingerprint density at radius 1 is 1.47 bits per heavy atom. The van der Waals surface area contributed by atoms with Gasteiger partial charge < -0.3 is 0 Å². The molecule has 0 saturated heterocycles. The molecule has 0 aliphatic rings. The molecule has 82 valence electrons. The summed E-state index contributed by atoms with van der Waals surface area (Å²) in [5.41, 5.74) is 0.0160. The summed E-state index contributed by atoms with van der Waals surface area (Å²) >= 11 is 2.86. The molecule has 0 aromatic heterocycles. The van der Waals surface area contributed by atoms with Gasteiger partial charge in [0, 0.05) is 16.7 Å². The number of nitro groups is 1. The first kappa shape index (κ1) is 12.4. The predicted molar refractivity (Wildman–Crippen MR) is 58.6 cm³/mol. The fraction of sp³-hybridized carbons (Fsp3) is 0.143. The van der Waals surface area contributed by atoms with Crippen LogP contribution in [0.5, 0.6) is 0 Å². The molecule has 1 aromatic rings. The average Bonchev–Trinajstić information content (AvgIpc) is 2.00. The number of benzene rings is 1. The molecule has 1 rings (SSSR count). The van der Waals surface area contributed by atoms with Crippen LogP contribution in [-0.4, -0.2) is 13.3 Å². The molecule has 0 aliphatic carbocycles. The highest BCUT2D eigenvalue weighted by atomic mass is 79.9. The summed E-state index contributed by atoms with van der Waals surface area (Å²) in [5.74, 6) is 0. The highest BCUT2D eigenvalue weighted by Crippen LogP contribution is 2.35. The van der Waals surface area contributed by atoms with Gasteiger partial charge in [-0.05, 0) is 28.4 Å². The van der Waals surface area contributed by atoms with Crippen molar-refractivity contribution in [1.82, 2.24) is 0 Å². The molecule has 8 heteroatoms. The molecule has 0 spiro atoms. The van der Waals surface area contributed by atoms with E-state index in [2.05, 4.69) is 15.9 Å². The Labute approximate surface area is 98.7 Å². The van der Waals surface area contributed by atoms with E-state index in [9.17, 15) is 18.5 Å². The SMILES string of the molecule is Cc1ccc([N+](=O)[O-])c(Br)c1S(=O)(=O)Cl. The molecule has 0 heterocycles. The highest BCUT2D eigenvalue weighted by molar-refractivity contribution is 9.10. The van der Waals surface area contributed by atoms with Crippen molar-refractivity contribution in [3.8, 4) is 0 Å². The van der Waals surface area contributed by atoms with Gasteiger partial charge in [-0.15, -0.1) is 0 Å². The molecule has 15 heavy (non-hydrogen) atoms. The maximum atomic E-state index is 11.2. The first-order valence-corrected chi connectivity index (χ1v) is 6.73. The Balaban J connectivity index is 3.66. The standard InChI is InChI=1S/C7H5BrClNO4S/c1-4-2-3-5(10(11)12)6(8)7(4)15(9,13)14/h2-3H,1H3. The Bertz CT molecular complexity index is 528. The van der Waals surface area contributed by atoms with Gasteiger partial charge >= 0.3 is 0 Å². The predicted octanol–water partition coefficient (Wildman–Crippen LogP) is 2.59. The van der Waals surface area contributed by atoms with Crippen LogP contribution in [0.3, 0.4) is 0 Å². The fourth-order valence-electron chi connectivity index (χ4n) is 1.08. The molecule has 0 N–H and O–H groups in total. The van der Waals surface area contributed by atoms with E-state index in [1.54, 1.807) is 0 Å².